The third-order valence-corrected chi connectivity index (χ3v) is 4.21. The molecular weight excluding hydrogens is 290 g/mol. The Balaban J connectivity index is 1.87. The van der Waals surface area contributed by atoms with Gasteiger partial charge in [0, 0.05) is 23.1 Å². The van der Waals surface area contributed by atoms with E-state index in [1.165, 1.54) is 0 Å². The Morgan fingerprint density at radius 2 is 1.75 bits per heavy atom. The SMILES string of the molecule is Cc1nc(Nc2ccc(Cl)cc2)sc1-c1ccncc1. The fraction of sp³-hybridized carbons (Fsp3) is 0.0667. The quantitative estimate of drug-likeness (QED) is 0.747. The zero-order chi connectivity index (χ0) is 13.9. The lowest BCUT2D eigenvalue weighted by Gasteiger charge is -2.01. The van der Waals surface area contributed by atoms with Crippen molar-refractivity contribution in [1.29, 1.82) is 0 Å². The second-order valence-electron chi connectivity index (χ2n) is 4.30. The van der Waals surface area contributed by atoms with Crippen molar-refractivity contribution < 1.29 is 0 Å². The van der Waals surface area contributed by atoms with Crippen LogP contribution < -0.4 is 5.32 Å². The first-order chi connectivity index (χ1) is 9.72. The summed E-state index contributed by atoms with van der Waals surface area (Å²) in [6.07, 6.45) is 3.58. The fourth-order valence-electron chi connectivity index (χ4n) is 1.88. The minimum absolute atomic E-state index is 0.725. The lowest BCUT2D eigenvalue weighted by molar-refractivity contribution is 1.26. The summed E-state index contributed by atoms with van der Waals surface area (Å²) >= 11 is 7.51. The highest BCUT2D eigenvalue weighted by molar-refractivity contribution is 7.19. The molecule has 0 aliphatic heterocycles. The van der Waals surface area contributed by atoms with E-state index in [1.54, 1.807) is 23.7 Å². The smallest absolute Gasteiger partial charge is 0.187 e. The van der Waals surface area contributed by atoms with Gasteiger partial charge in [0.1, 0.15) is 0 Å². The first-order valence-electron chi connectivity index (χ1n) is 6.13. The Hall–Kier alpha value is -1.91. The Morgan fingerprint density at radius 3 is 2.45 bits per heavy atom. The molecule has 0 amide bonds. The van der Waals surface area contributed by atoms with Crippen molar-refractivity contribution in [3.63, 3.8) is 0 Å². The number of nitrogens with zero attached hydrogens (tertiary/aromatic N) is 2. The number of nitrogens with one attached hydrogen (secondary N) is 1. The number of anilines is 2. The monoisotopic (exact) mass is 301 g/mol. The molecule has 0 bridgehead atoms. The standard InChI is InChI=1S/C15H12ClN3S/c1-10-14(11-6-8-17-9-7-11)20-15(18-10)19-13-4-2-12(16)3-5-13/h2-9H,1H3,(H,18,19). The molecular formula is C15H12ClN3S. The third-order valence-electron chi connectivity index (χ3n) is 2.83. The van der Waals surface area contributed by atoms with Crippen LogP contribution in [-0.2, 0) is 0 Å². The molecule has 0 saturated heterocycles. The van der Waals surface area contributed by atoms with Gasteiger partial charge in [0.05, 0.1) is 10.6 Å². The molecule has 0 radical (unpaired) electrons. The normalized spacial score (nSPS) is 10.5. The molecule has 20 heavy (non-hydrogen) atoms. The number of aromatic nitrogens is 2. The molecule has 100 valence electrons. The predicted octanol–water partition coefficient (Wildman–Crippen LogP) is 4.91. The number of aryl methyl sites for hydroxylation is 1. The lowest BCUT2D eigenvalue weighted by atomic mass is 10.2. The first-order valence-corrected chi connectivity index (χ1v) is 7.32. The van der Waals surface area contributed by atoms with Crippen molar-refractivity contribution in [2.75, 3.05) is 5.32 Å². The van der Waals surface area contributed by atoms with Crippen LogP contribution in [0.3, 0.4) is 0 Å². The largest absolute Gasteiger partial charge is 0.332 e. The van der Waals surface area contributed by atoms with Gasteiger partial charge in [-0.2, -0.15) is 0 Å². The number of hydrogen-bond acceptors (Lipinski definition) is 4. The van der Waals surface area contributed by atoms with Crippen LogP contribution in [0.15, 0.2) is 48.8 Å². The fourth-order valence-corrected chi connectivity index (χ4v) is 3.00. The third kappa shape index (κ3) is 2.81. The van der Waals surface area contributed by atoms with Crippen molar-refractivity contribution in [3.05, 3.63) is 59.5 Å². The summed E-state index contributed by atoms with van der Waals surface area (Å²) in [5.41, 5.74) is 3.13. The highest BCUT2D eigenvalue weighted by Crippen LogP contribution is 2.33. The topological polar surface area (TPSA) is 37.8 Å². The zero-order valence-electron chi connectivity index (χ0n) is 10.8. The number of benzene rings is 1. The summed E-state index contributed by atoms with van der Waals surface area (Å²) in [4.78, 5) is 9.75. The Labute approximate surface area is 126 Å². The van der Waals surface area contributed by atoms with Crippen LogP contribution in [0.25, 0.3) is 10.4 Å². The van der Waals surface area contributed by atoms with Crippen molar-refractivity contribution >= 4 is 33.8 Å². The number of thiazole rings is 1. The first kappa shape index (κ1) is 13.1. The molecule has 0 aliphatic carbocycles. The summed E-state index contributed by atoms with van der Waals surface area (Å²) in [5, 5.41) is 4.89. The highest BCUT2D eigenvalue weighted by atomic mass is 35.5. The minimum atomic E-state index is 0.725. The molecule has 3 aromatic rings. The summed E-state index contributed by atoms with van der Waals surface area (Å²) in [6, 6.07) is 11.6. The van der Waals surface area contributed by atoms with Gasteiger partial charge < -0.3 is 5.32 Å². The predicted molar refractivity (Wildman–Crippen MR) is 84.8 cm³/mol. The van der Waals surface area contributed by atoms with Crippen LogP contribution in [-0.4, -0.2) is 9.97 Å². The van der Waals surface area contributed by atoms with Crippen LogP contribution >= 0.6 is 22.9 Å². The van der Waals surface area contributed by atoms with E-state index in [0.717, 1.165) is 32.0 Å². The van der Waals surface area contributed by atoms with Crippen molar-refractivity contribution in [2.24, 2.45) is 0 Å². The van der Waals surface area contributed by atoms with Crippen LogP contribution in [0.1, 0.15) is 5.69 Å². The van der Waals surface area contributed by atoms with E-state index in [9.17, 15) is 0 Å². The lowest BCUT2D eigenvalue weighted by Crippen LogP contribution is -1.88. The Morgan fingerprint density at radius 1 is 1.05 bits per heavy atom. The van der Waals surface area contributed by atoms with Gasteiger partial charge in [-0.3, -0.25) is 4.98 Å². The molecule has 0 atom stereocenters. The van der Waals surface area contributed by atoms with E-state index in [4.69, 9.17) is 11.6 Å². The molecule has 0 fully saturated rings. The van der Waals surface area contributed by atoms with E-state index in [1.807, 2.05) is 43.3 Å². The van der Waals surface area contributed by atoms with Gasteiger partial charge in [0.15, 0.2) is 5.13 Å². The number of rotatable bonds is 3. The summed E-state index contributed by atoms with van der Waals surface area (Å²) in [5.74, 6) is 0. The zero-order valence-corrected chi connectivity index (χ0v) is 12.4. The van der Waals surface area contributed by atoms with Gasteiger partial charge >= 0.3 is 0 Å². The maximum atomic E-state index is 5.88. The maximum absolute atomic E-state index is 5.88. The molecule has 1 N–H and O–H groups in total. The van der Waals surface area contributed by atoms with Gasteiger partial charge in [-0.1, -0.05) is 22.9 Å². The Bertz CT molecular complexity index is 708. The number of pyridine rings is 1. The summed E-state index contributed by atoms with van der Waals surface area (Å²) in [7, 11) is 0. The number of halogens is 1. The van der Waals surface area contributed by atoms with Gasteiger partial charge in [0.25, 0.3) is 0 Å². The highest BCUT2D eigenvalue weighted by Gasteiger charge is 2.09. The molecule has 3 nitrogen and oxygen atoms in total. The molecule has 0 saturated carbocycles. The molecule has 0 aliphatic rings. The molecule has 0 spiro atoms. The van der Waals surface area contributed by atoms with Gasteiger partial charge in [-0.15, -0.1) is 0 Å². The van der Waals surface area contributed by atoms with Gasteiger partial charge in [0.2, 0.25) is 0 Å². The van der Waals surface area contributed by atoms with Crippen molar-refractivity contribution in [1.82, 2.24) is 9.97 Å². The minimum Gasteiger partial charge on any atom is -0.332 e. The van der Waals surface area contributed by atoms with Crippen LogP contribution in [0, 0.1) is 6.92 Å². The van der Waals surface area contributed by atoms with E-state index < -0.39 is 0 Å². The second-order valence-corrected chi connectivity index (χ2v) is 5.74. The summed E-state index contributed by atoms with van der Waals surface area (Å²) < 4.78 is 0. The van der Waals surface area contributed by atoms with Crippen molar-refractivity contribution in [2.45, 2.75) is 6.92 Å². The number of hydrogen-bond donors (Lipinski definition) is 1. The van der Waals surface area contributed by atoms with E-state index >= 15 is 0 Å². The molecule has 1 aromatic carbocycles. The van der Waals surface area contributed by atoms with E-state index in [2.05, 4.69) is 15.3 Å². The van der Waals surface area contributed by atoms with E-state index in [-0.39, 0.29) is 0 Å². The summed E-state index contributed by atoms with van der Waals surface area (Å²) in [6.45, 7) is 2.01. The van der Waals surface area contributed by atoms with Crippen LogP contribution in [0.2, 0.25) is 5.02 Å². The average Bonchev–Trinajstić information content (AvgIpc) is 2.83. The van der Waals surface area contributed by atoms with Crippen LogP contribution in [0.5, 0.6) is 0 Å². The van der Waals surface area contributed by atoms with Crippen LogP contribution in [0.4, 0.5) is 10.8 Å². The molecule has 3 rings (SSSR count). The van der Waals surface area contributed by atoms with Crippen molar-refractivity contribution in [3.8, 4) is 10.4 Å². The van der Waals surface area contributed by atoms with E-state index in [0.29, 0.717) is 0 Å². The Kier molecular flexibility index (Phi) is 3.67. The van der Waals surface area contributed by atoms with Gasteiger partial charge in [-0.05, 0) is 48.9 Å². The van der Waals surface area contributed by atoms with Gasteiger partial charge in [-0.25, -0.2) is 4.98 Å². The molecule has 2 aromatic heterocycles. The second kappa shape index (κ2) is 5.61. The molecule has 0 unspecified atom stereocenters. The maximum Gasteiger partial charge on any atom is 0.187 e. The molecule has 5 heteroatoms. The average molecular weight is 302 g/mol. The molecule has 2 heterocycles.